The van der Waals surface area contributed by atoms with Crippen molar-refractivity contribution in [3.8, 4) is 5.75 Å². The predicted octanol–water partition coefficient (Wildman–Crippen LogP) is -3.20. The zero-order valence-corrected chi connectivity index (χ0v) is 50.8. The van der Waals surface area contributed by atoms with Crippen LogP contribution in [-0.2, 0) is 67.2 Å². The summed E-state index contributed by atoms with van der Waals surface area (Å²) < 4.78 is 0. The van der Waals surface area contributed by atoms with Gasteiger partial charge in [0.2, 0.25) is 47.3 Å². The van der Waals surface area contributed by atoms with Crippen molar-refractivity contribution in [3.63, 3.8) is 0 Å². The Labute approximate surface area is 521 Å². The summed E-state index contributed by atoms with van der Waals surface area (Å²) in [6.45, 7) is 4.74. The van der Waals surface area contributed by atoms with Crippen molar-refractivity contribution in [2.75, 3.05) is 19.6 Å². The molecule has 0 aliphatic heterocycles. The minimum Gasteiger partial charge on any atom is -0.508 e. The third-order valence-corrected chi connectivity index (χ3v) is 13.6. The van der Waals surface area contributed by atoms with Gasteiger partial charge in [-0.3, -0.25) is 58.1 Å². The average molecular weight is 1260 g/mol. The van der Waals surface area contributed by atoms with Gasteiger partial charge in [0.15, 0.2) is 17.9 Å². The van der Waals surface area contributed by atoms with Crippen LogP contribution in [0, 0.1) is 5.92 Å². The van der Waals surface area contributed by atoms with E-state index in [0.29, 0.717) is 11.1 Å². The number of carbonyl (C=O) groups is 10. The number of phenolic OH excluding ortho intramolecular Hbond substituents is 1. The first kappa shape index (κ1) is 74.2. The highest BCUT2D eigenvalue weighted by Crippen LogP contribution is 2.15. The molecule has 0 aliphatic carbocycles. The number of aromatic hydroxyl groups is 1. The second kappa shape index (κ2) is 39.0. The van der Waals surface area contributed by atoms with Gasteiger partial charge in [-0.1, -0.05) is 86.6 Å². The topological polar surface area (TPSA) is 547 Å². The third kappa shape index (κ3) is 29.1. The summed E-state index contributed by atoms with van der Waals surface area (Å²) in [6, 6.07) is 10.2. The van der Waals surface area contributed by atoms with Crippen LogP contribution in [0.1, 0.15) is 95.2 Å². The highest BCUT2D eigenvalue weighted by Gasteiger charge is 2.35. The number of nitrogens with zero attached hydrogens (tertiary/aromatic N) is 3. The quantitative estimate of drug-likeness (QED) is 0.0151. The van der Waals surface area contributed by atoms with Crippen molar-refractivity contribution < 1.29 is 63.3 Å². The SMILES string of the molecule is CC(C)C[C@H](NC(=O)[C@H](CCC(=O)O)NC(=O)[C@@H](N)Cc1ccccc1)C(=O)N[C@@H](CCCN=C(N)N)C(=O)N[C@@H](Cc1ccc(O)cc1)C(=O)N[C@@H](CCCN=C(N)N)C(=O)N[C@@H](CCCN=C(N)N)C(=O)N[C@@H](C)C(=O)N[C@@H](Cc1ccccc1)C(=O)O. The lowest BCUT2D eigenvalue weighted by Crippen LogP contribution is -2.60. The molecule has 0 aromatic heterocycles. The number of phenols is 1. The maximum absolute atomic E-state index is 14.8. The van der Waals surface area contributed by atoms with E-state index >= 15 is 0 Å². The minimum absolute atomic E-state index is 0.00191. The first-order valence-corrected chi connectivity index (χ1v) is 29.3. The zero-order valence-electron chi connectivity index (χ0n) is 50.8. The van der Waals surface area contributed by atoms with Crippen LogP contribution < -0.4 is 82.7 Å². The van der Waals surface area contributed by atoms with Crippen molar-refractivity contribution in [1.29, 1.82) is 0 Å². The summed E-state index contributed by atoms with van der Waals surface area (Å²) in [5.41, 5.74) is 41.3. The van der Waals surface area contributed by atoms with Crippen LogP contribution in [-0.4, -0.2) is 166 Å². The lowest BCUT2D eigenvalue weighted by atomic mass is 10.00. The van der Waals surface area contributed by atoms with E-state index in [9.17, 15) is 63.3 Å². The number of amides is 8. The molecule has 3 aromatic rings. The molecule has 9 atom stereocenters. The Kier molecular flexibility index (Phi) is 32.1. The molecule has 31 heteroatoms. The number of nitrogens with two attached hydrogens (primary N) is 7. The van der Waals surface area contributed by atoms with E-state index in [4.69, 9.17) is 40.1 Å². The van der Waals surface area contributed by atoms with Crippen LogP contribution in [0.25, 0.3) is 0 Å². The number of carboxylic acids is 2. The number of carbonyl (C=O) groups excluding carboxylic acids is 8. The summed E-state index contributed by atoms with van der Waals surface area (Å²) >= 11 is 0. The second-order valence-corrected chi connectivity index (χ2v) is 21.8. The normalized spacial score (nSPS) is 13.9. The van der Waals surface area contributed by atoms with Crippen molar-refractivity contribution >= 4 is 77.1 Å². The molecule has 0 unspecified atom stereocenters. The number of carboxylic acid groups (broad SMARTS) is 2. The fourth-order valence-electron chi connectivity index (χ4n) is 8.96. The van der Waals surface area contributed by atoms with E-state index in [2.05, 4.69) is 57.5 Å². The molecule has 0 spiro atoms. The number of benzene rings is 3. The standard InChI is InChI=1S/C59H88N18O13/c1-33(2)29-44(75-53(86)43(24-25-47(79)80)71-49(82)39(60)30-35-13-6-4-7-14-35)54(87)73-42(19-12-28-69-59(65)66)52(85)76-45(31-37-20-22-38(78)23-21-37)55(88)74-41(18-11-27-68-58(63)64)51(84)72-40(17-10-26-67-57(61)62)50(83)70-34(3)48(81)77-46(56(89)90)32-36-15-8-5-9-16-36/h4-9,13-16,20-23,33-34,39-46,78H,10-12,17-19,24-32,60H2,1-3H3,(H,70,83)(H,71,82)(H,72,84)(H,73,87)(H,74,88)(H,75,86)(H,76,85)(H,77,81)(H,79,80)(H,89,90)(H4,61,62,67)(H4,63,64,68)(H4,65,66,69)/t34-,39-,40-,41-,42-,43-,44-,45-,46-/m0/s1. The largest absolute Gasteiger partial charge is 0.508 e. The Bertz CT molecular complexity index is 2940. The molecular weight excluding hydrogens is 1170 g/mol. The van der Waals surface area contributed by atoms with Crippen LogP contribution in [0.3, 0.4) is 0 Å². The van der Waals surface area contributed by atoms with Gasteiger partial charge in [0.25, 0.3) is 0 Å². The summed E-state index contributed by atoms with van der Waals surface area (Å²) in [4.78, 5) is 149. The van der Waals surface area contributed by atoms with Crippen molar-refractivity contribution in [1.82, 2.24) is 42.5 Å². The predicted molar refractivity (Wildman–Crippen MR) is 335 cm³/mol. The number of aliphatic imine (C=N–C) groups is 3. The molecule has 8 amide bonds. The van der Waals surface area contributed by atoms with E-state index in [1.807, 2.05) is 0 Å². The molecular formula is C59H88N18O13. The van der Waals surface area contributed by atoms with Gasteiger partial charge in [-0.25, -0.2) is 4.79 Å². The summed E-state index contributed by atoms with van der Waals surface area (Å²) in [7, 11) is 0. The van der Waals surface area contributed by atoms with Crippen molar-refractivity contribution in [2.45, 2.75) is 152 Å². The first-order valence-electron chi connectivity index (χ1n) is 29.3. The summed E-state index contributed by atoms with van der Waals surface area (Å²) in [5.74, 6) is -11.0. The molecule has 25 N–H and O–H groups in total. The summed E-state index contributed by atoms with van der Waals surface area (Å²) in [5, 5.41) is 50.3. The van der Waals surface area contributed by atoms with Gasteiger partial charge in [0.05, 0.1) is 6.04 Å². The Balaban J connectivity index is 2.01. The van der Waals surface area contributed by atoms with Crippen LogP contribution in [0.15, 0.2) is 99.9 Å². The molecule has 3 rings (SSSR count). The Morgan fingerprint density at radius 3 is 1.18 bits per heavy atom. The van der Waals surface area contributed by atoms with Crippen molar-refractivity contribution in [2.24, 2.45) is 61.0 Å². The fourth-order valence-corrected chi connectivity index (χ4v) is 8.96. The molecule has 31 nitrogen and oxygen atoms in total. The number of aliphatic carboxylic acids is 2. The van der Waals surface area contributed by atoms with E-state index in [1.54, 1.807) is 74.5 Å². The molecule has 0 saturated heterocycles. The number of rotatable bonds is 40. The Morgan fingerprint density at radius 2 is 0.756 bits per heavy atom. The van der Waals surface area contributed by atoms with Gasteiger partial charge in [-0.2, -0.15) is 0 Å². The van der Waals surface area contributed by atoms with Crippen LogP contribution >= 0.6 is 0 Å². The highest BCUT2D eigenvalue weighted by atomic mass is 16.4. The smallest absolute Gasteiger partial charge is 0.326 e. The maximum Gasteiger partial charge on any atom is 0.326 e. The average Bonchev–Trinajstić information content (AvgIpc) is 1.69. The third-order valence-electron chi connectivity index (χ3n) is 13.6. The molecule has 0 saturated carbocycles. The van der Waals surface area contributed by atoms with Crippen LogP contribution in [0.4, 0.5) is 0 Å². The second-order valence-electron chi connectivity index (χ2n) is 21.8. The number of nitrogens with one attached hydrogen (secondary N) is 8. The van der Waals surface area contributed by atoms with Crippen molar-refractivity contribution in [3.05, 3.63) is 102 Å². The fraction of sp³-hybridized carbons (Fsp3) is 0.475. The Hall–Kier alpha value is -10.1. The molecule has 0 bridgehead atoms. The first-order chi connectivity index (χ1) is 42.6. The van der Waals surface area contributed by atoms with Gasteiger partial charge >= 0.3 is 11.9 Å². The van der Waals surface area contributed by atoms with Gasteiger partial charge in [-0.15, -0.1) is 0 Å². The van der Waals surface area contributed by atoms with Gasteiger partial charge in [-0.05, 0) is 99.5 Å². The number of guanidine groups is 3. The lowest BCUT2D eigenvalue weighted by molar-refractivity contribution is -0.142. The monoisotopic (exact) mass is 1260 g/mol. The van der Waals surface area contributed by atoms with Crippen LogP contribution in [0.5, 0.6) is 5.75 Å². The molecule has 0 heterocycles. The number of hydrogen-bond acceptors (Lipinski definition) is 15. The molecule has 3 aromatic carbocycles. The minimum atomic E-state index is -1.57. The molecule has 90 heavy (non-hydrogen) atoms. The van der Waals surface area contributed by atoms with Gasteiger partial charge < -0.3 is 98.0 Å². The lowest BCUT2D eigenvalue weighted by Gasteiger charge is -2.28. The molecule has 0 fully saturated rings. The molecule has 492 valence electrons. The molecule has 0 radical (unpaired) electrons. The highest BCUT2D eigenvalue weighted by molar-refractivity contribution is 5.98. The van der Waals surface area contributed by atoms with Gasteiger partial charge in [0, 0.05) is 38.9 Å². The van der Waals surface area contributed by atoms with Crippen LogP contribution in [0.2, 0.25) is 0 Å². The zero-order chi connectivity index (χ0) is 66.9. The van der Waals surface area contributed by atoms with E-state index < -0.39 is 120 Å². The number of hydrogen-bond donors (Lipinski definition) is 18. The van der Waals surface area contributed by atoms with E-state index in [0.717, 1.165) is 5.56 Å². The summed E-state index contributed by atoms with van der Waals surface area (Å²) in [6.07, 6.45) is -1.49. The van der Waals surface area contributed by atoms with E-state index in [-0.39, 0.29) is 120 Å². The van der Waals surface area contributed by atoms with E-state index in [1.165, 1.54) is 31.2 Å². The maximum atomic E-state index is 14.8. The molecule has 0 aliphatic rings. The van der Waals surface area contributed by atoms with Gasteiger partial charge in [0.1, 0.15) is 54.1 Å². The Morgan fingerprint density at radius 1 is 0.411 bits per heavy atom.